The molecule has 0 saturated carbocycles. The van der Waals surface area contributed by atoms with E-state index in [1.165, 1.54) is 12.1 Å². The Kier molecular flexibility index (Phi) is 4.23. The van der Waals surface area contributed by atoms with Crippen LogP contribution in [0.25, 0.3) is 0 Å². The van der Waals surface area contributed by atoms with Gasteiger partial charge in [-0.3, -0.25) is 9.00 Å². The number of hydrogen-bond acceptors (Lipinski definition) is 2. The number of aliphatic carboxylic acids is 1. The van der Waals surface area contributed by atoms with Gasteiger partial charge in [-0.1, -0.05) is 17.7 Å². The van der Waals surface area contributed by atoms with Crippen molar-refractivity contribution in [3.8, 4) is 0 Å². The first-order valence-electron chi connectivity index (χ1n) is 3.99. The van der Waals surface area contributed by atoms with Crippen LogP contribution >= 0.6 is 11.6 Å². The molecule has 82 valence electrons. The van der Waals surface area contributed by atoms with Crippen LogP contribution < -0.4 is 0 Å². The quantitative estimate of drug-likeness (QED) is 0.887. The van der Waals surface area contributed by atoms with Gasteiger partial charge >= 0.3 is 5.97 Å². The third-order valence-corrected chi connectivity index (χ3v) is 3.05. The largest absolute Gasteiger partial charge is 0.481 e. The van der Waals surface area contributed by atoms with E-state index in [9.17, 15) is 13.4 Å². The van der Waals surface area contributed by atoms with Crippen LogP contribution in [0.15, 0.2) is 18.2 Å². The van der Waals surface area contributed by atoms with Gasteiger partial charge < -0.3 is 5.11 Å². The molecule has 1 aromatic carbocycles. The number of carboxylic acid groups (broad SMARTS) is 1. The van der Waals surface area contributed by atoms with Gasteiger partial charge in [0.05, 0.1) is 5.75 Å². The molecule has 1 N–H and O–H groups in total. The normalized spacial score (nSPS) is 12.4. The van der Waals surface area contributed by atoms with E-state index >= 15 is 0 Å². The Bertz CT molecular complexity index is 408. The van der Waals surface area contributed by atoms with Crippen molar-refractivity contribution < 1.29 is 18.5 Å². The number of carbonyl (C=O) groups is 1. The first kappa shape index (κ1) is 12.1. The van der Waals surface area contributed by atoms with Gasteiger partial charge in [0.15, 0.2) is 0 Å². The average molecular weight is 251 g/mol. The van der Waals surface area contributed by atoms with Gasteiger partial charge in [0.25, 0.3) is 0 Å². The van der Waals surface area contributed by atoms with E-state index in [0.29, 0.717) is 0 Å². The molecular weight excluding hydrogens is 243 g/mol. The number of benzene rings is 1. The average Bonchev–Trinajstić information content (AvgIpc) is 2.08. The molecule has 1 unspecified atom stereocenters. The molecule has 0 aliphatic heterocycles. The van der Waals surface area contributed by atoms with Gasteiger partial charge in [0, 0.05) is 21.4 Å². The lowest BCUT2D eigenvalue weighted by atomic mass is 10.2. The summed E-state index contributed by atoms with van der Waals surface area (Å²) in [6.07, 6.45) is 0. The molecule has 0 bridgehead atoms. The highest BCUT2D eigenvalue weighted by molar-refractivity contribution is 7.84. The summed E-state index contributed by atoms with van der Waals surface area (Å²) in [4.78, 5) is 10.2. The highest BCUT2D eigenvalue weighted by Crippen LogP contribution is 2.15. The van der Waals surface area contributed by atoms with E-state index in [4.69, 9.17) is 16.7 Å². The maximum atomic E-state index is 13.2. The monoisotopic (exact) mass is 250 g/mol. The molecule has 0 aliphatic rings. The van der Waals surface area contributed by atoms with Crippen molar-refractivity contribution in [1.82, 2.24) is 0 Å². The molecular formula is C9H8ClFO3S. The smallest absolute Gasteiger partial charge is 0.316 e. The third kappa shape index (κ3) is 3.97. The van der Waals surface area contributed by atoms with E-state index in [0.717, 1.165) is 6.07 Å². The van der Waals surface area contributed by atoms with Gasteiger partial charge in [-0.15, -0.1) is 0 Å². The Hall–Kier alpha value is -0.940. The van der Waals surface area contributed by atoms with Crippen LogP contribution in [0.3, 0.4) is 0 Å². The van der Waals surface area contributed by atoms with Crippen molar-refractivity contribution in [2.75, 3.05) is 5.75 Å². The van der Waals surface area contributed by atoms with E-state index in [1.54, 1.807) is 0 Å². The molecule has 1 atom stereocenters. The van der Waals surface area contributed by atoms with Crippen LogP contribution in [0.1, 0.15) is 5.56 Å². The number of halogens is 2. The van der Waals surface area contributed by atoms with Crippen molar-refractivity contribution >= 4 is 28.4 Å². The van der Waals surface area contributed by atoms with Gasteiger partial charge in [-0.25, -0.2) is 4.39 Å². The fourth-order valence-electron chi connectivity index (χ4n) is 1.00. The van der Waals surface area contributed by atoms with Gasteiger partial charge in [0.1, 0.15) is 11.6 Å². The molecule has 15 heavy (non-hydrogen) atoms. The summed E-state index contributed by atoms with van der Waals surface area (Å²) >= 11 is 5.53. The predicted octanol–water partition coefficient (Wildman–Crippen LogP) is 1.81. The summed E-state index contributed by atoms with van der Waals surface area (Å²) in [6.45, 7) is 0. The highest BCUT2D eigenvalue weighted by Gasteiger charge is 2.10. The molecule has 0 radical (unpaired) electrons. The summed E-state index contributed by atoms with van der Waals surface area (Å²) in [5.41, 5.74) is 0.207. The molecule has 0 saturated heterocycles. The second-order valence-corrected chi connectivity index (χ2v) is 4.75. The van der Waals surface area contributed by atoms with Crippen LogP contribution in [0, 0.1) is 5.82 Å². The second-order valence-electron chi connectivity index (χ2n) is 2.86. The van der Waals surface area contributed by atoms with Crippen LogP contribution in [0.5, 0.6) is 0 Å². The second kappa shape index (κ2) is 5.23. The minimum absolute atomic E-state index is 0.116. The molecule has 0 heterocycles. The Labute approximate surface area is 93.3 Å². The summed E-state index contributed by atoms with van der Waals surface area (Å²) in [7, 11) is -1.60. The zero-order chi connectivity index (χ0) is 11.4. The first-order chi connectivity index (χ1) is 6.99. The Balaban J connectivity index is 2.72. The summed E-state index contributed by atoms with van der Waals surface area (Å²) in [5.74, 6) is -2.33. The maximum absolute atomic E-state index is 13.2. The Morgan fingerprint density at radius 2 is 2.20 bits per heavy atom. The zero-order valence-electron chi connectivity index (χ0n) is 7.57. The molecule has 1 rings (SSSR count). The molecule has 1 aromatic rings. The Morgan fingerprint density at radius 1 is 1.53 bits per heavy atom. The van der Waals surface area contributed by atoms with E-state index in [1.807, 2.05) is 0 Å². The van der Waals surface area contributed by atoms with Crippen LogP contribution in [-0.2, 0) is 21.3 Å². The van der Waals surface area contributed by atoms with E-state index in [2.05, 4.69) is 0 Å². The summed E-state index contributed by atoms with van der Waals surface area (Å²) in [6, 6.07) is 3.98. The van der Waals surface area contributed by atoms with Crippen LogP contribution in [0.2, 0.25) is 5.02 Å². The zero-order valence-corrected chi connectivity index (χ0v) is 9.15. The summed E-state index contributed by atoms with van der Waals surface area (Å²) < 4.78 is 24.4. The maximum Gasteiger partial charge on any atom is 0.316 e. The fraction of sp³-hybridized carbons (Fsp3) is 0.222. The van der Waals surface area contributed by atoms with Gasteiger partial charge in [-0.05, 0) is 12.1 Å². The van der Waals surface area contributed by atoms with Crippen molar-refractivity contribution in [3.63, 3.8) is 0 Å². The van der Waals surface area contributed by atoms with E-state index < -0.39 is 28.3 Å². The standard InChI is InChI=1S/C9H8ClFO3S/c10-7-2-1-6(8(11)3-7)4-15(14)5-9(12)13/h1-3H,4-5H2,(H,12,13). The minimum Gasteiger partial charge on any atom is -0.481 e. The van der Waals surface area contributed by atoms with Crippen LogP contribution in [0.4, 0.5) is 4.39 Å². The fourth-order valence-corrected chi connectivity index (χ4v) is 2.12. The Morgan fingerprint density at radius 3 is 2.73 bits per heavy atom. The van der Waals surface area contributed by atoms with E-state index in [-0.39, 0.29) is 16.3 Å². The van der Waals surface area contributed by atoms with Crippen molar-refractivity contribution in [3.05, 3.63) is 34.6 Å². The van der Waals surface area contributed by atoms with Crippen molar-refractivity contribution in [2.24, 2.45) is 0 Å². The van der Waals surface area contributed by atoms with Crippen LogP contribution in [-0.4, -0.2) is 21.0 Å². The predicted molar refractivity (Wildman–Crippen MR) is 55.8 cm³/mol. The lowest BCUT2D eigenvalue weighted by Gasteiger charge is -2.02. The number of hydrogen-bond donors (Lipinski definition) is 1. The topological polar surface area (TPSA) is 54.4 Å². The molecule has 0 fully saturated rings. The lowest BCUT2D eigenvalue weighted by Crippen LogP contribution is -2.11. The van der Waals surface area contributed by atoms with Crippen molar-refractivity contribution in [1.29, 1.82) is 0 Å². The van der Waals surface area contributed by atoms with Crippen molar-refractivity contribution in [2.45, 2.75) is 5.75 Å². The molecule has 6 heteroatoms. The third-order valence-electron chi connectivity index (χ3n) is 1.62. The SMILES string of the molecule is O=C(O)CS(=O)Cc1ccc(Cl)cc1F. The summed E-state index contributed by atoms with van der Waals surface area (Å²) in [5, 5.41) is 8.62. The molecule has 0 spiro atoms. The molecule has 0 aliphatic carbocycles. The lowest BCUT2D eigenvalue weighted by molar-refractivity contribution is -0.133. The molecule has 0 amide bonds. The first-order valence-corrected chi connectivity index (χ1v) is 5.86. The van der Waals surface area contributed by atoms with Gasteiger partial charge in [0.2, 0.25) is 0 Å². The van der Waals surface area contributed by atoms with Gasteiger partial charge in [-0.2, -0.15) is 0 Å². The number of rotatable bonds is 4. The molecule has 0 aromatic heterocycles. The minimum atomic E-state index is -1.60. The molecule has 3 nitrogen and oxygen atoms in total. The highest BCUT2D eigenvalue weighted by atomic mass is 35.5. The number of carboxylic acids is 1.